The number of aromatic nitrogens is 3. The molecule has 0 saturated heterocycles. The van der Waals surface area contributed by atoms with Crippen LogP contribution in [-0.4, -0.2) is 21.1 Å². The molecule has 0 aliphatic heterocycles. The van der Waals surface area contributed by atoms with E-state index in [1.54, 1.807) is 0 Å². The number of hydrogen-bond donors (Lipinski definition) is 1. The Morgan fingerprint density at radius 3 is 2.31 bits per heavy atom. The largest absolute Gasteiger partial charge is 0.573 e. The molecule has 0 amide bonds. The molecule has 8 heteroatoms. The van der Waals surface area contributed by atoms with Gasteiger partial charge in [0, 0.05) is 11.6 Å². The lowest BCUT2D eigenvalue weighted by molar-refractivity contribution is -0.274. The van der Waals surface area contributed by atoms with Crippen molar-refractivity contribution in [1.82, 2.24) is 14.8 Å². The van der Waals surface area contributed by atoms with Crippen LogP contribution in [0.1, 0.15) is 24.9 Å². The van der Waals surface area contributed by atoms with E-state index in [-0.39, 0.29) is 11.8 Å². The summed E-state index contributed by atoms with van der Waals surface area (Å²) in [6.45, 7) is 2.02. The quantitative estimate of drug-likeness (QED) is 0.737. The standard InChI is InChI=1S/C18H17F3N4O/c1-2-16(22)12-3-5-13(6-4-12)17-23-11-25(24-17)14-7-9-15(10-8-14)26-18(19,20)21/h3-11,16H,2,22H2,1H3/t16-/m0/s1. The molecule has 1 heterocycles. The van der Waals surface area contributed by atoms with E-state index in [0.29, 0.717) is 11.5 Å². The predicted octanol–water partition coefficient (Wildman–Crippen LogP) is 4.24. The van der Waals surface area contributed by atoms with Gasteiger partial charge in [-0.2, -0.15) is 0 Å². The molecule has 2 aromatic carbocycles. The maximum Gasteiger partial charge on any atom is 0.573 e. The number of nitrogens with two attached hydrogens (primary N) is 1. The van der Waals surface area contributed by atoms with Crippen molar-refractivity contribution in [3.63, 3.8) is 0 Å². The summed E-state index contributed by atoms with van der Waals surface area (Å²) in [6, 6.07) is 13.1. The Morgan fingerprint density at radius 2 is 1.73 bits per heavy atom. The van der Waals surface area contributed by atoms with Gasteiger partial charge in [-0.05, 0) is 36.2 Å². The monoisotopic (exact) mass is 362 g/mol. The summed E-state index contributed by atoms with van der Waals surface area (Å²) in [4.78, 5) is 4.25. The van der Waals surface area contributed by atoms with Crippen molar-refractivity contribution in [2.75, 3.05) is 0 Å². The van der Waals surface area contributed by atoms with Crippen molar-refractivity contribution in [1.29, 1.82) is 0 Å². The molecule has 0 spiro atoms. The average molecular weight is 362 g/mol. The molecule has 1 aromatic heterocycles. The van der Waals surface area contributed by atoms with Gasteiger partial charge in [0.25, 0.3) is 0 Å². The lowest BCUT2D eigenvalue weighted by Gasteiger charge is -2.09. The van der Waals surface area contributed by atoms with E-state index in [2.05, 4.69) is 14.8 Å². The van der Waals surface area contributed by atoms with Crippen LogP contribution in [0.25, 0.3) is 17.1 Å². The molecule has 0 fully saturated rings. The summed E-state index contributed by atoms with van der Waals surface area (Å²) in [5, 5.41) is 4.36. The fraction of sp³-hybridized carbons (Fsp3) is 0.222. The van der Waals surface area contributed by atoms with Crippen LogP contribution in [0.5, 0.6) is 5.75 Å². The molecule has 0 unspecified atom stereocenters. The third kappa shape index (κ3) is 4.20. The molecule has 26 heavy (non-hydrogen) atoms. The van der Waals surface area contributed by atoms with Gasteiger partial charge in [-0.3, -0.25) is 0 Å². The third-order valence-corrected chi connectivity index (χ3v) is 3.86. The van der Waals surface area contributed by atoms with Crippen LogP contribution < -0.4 is 10.5 Å². The van der Waals surface area contributed by atoms with Gasteiger partial charge in [-0.1, -0.05) is 31.2 Å². The molecular weight excluding hydrogens is 345 g/mol. The number of ether oxygens (including phenoxy) is 1. The summed E-state index contributed by atoms with van der Waals surface area (Å²) in [6.07, 6.45) is -2.37. The van der Waals surface area contributed by atoms with Crippen LogP contribution in [0, 0.1) is 0 Å². The molecule has 3 aromatic rings. The van der Waals surface area contributed by atoms with Gasteiger partial charge in [0.1, 0.15) is 12.1 Å². The number of alkyl halides is 3. The maximum absolute atomic E-state index is 12.2. The van der Waals surface area contributed by atoms with Gasteiger partial charge in [0.15, 0.2) is 5.82 Å². The van der Waals surface area contributed by atoms with E-state index in [9.17, 15) is 13.2 Å². The second-order valence-electron chi connectivity index (χ2n) is 5.69. The van der Waals surface area contributed by atoms with Gasteiger partial charge in [0.05, 0.1) is 5.69 Å². The highest BCUT2D eigenvalue weighted by Crippen LogP contribution is 2.24. The van der Waals surface area contributed by atoms with Crippen LogP contribution >= 0.6 is 0 Å². The summed E-state index contributed by atoms with van der Waals surface area (Å²) in [5.74, 6) is 0.224. The zero-order valence-corrected chi connectivity index (χ0v) is 13.9. The zero-order chi connectivity index (χ0) is 18.7. The van der Waals surface area contributed by atoms with Crippen LogP contribution in [-0.2, 0) is 0 Å². The molecule has 0 radical (unpaired) electrons. The van der Waals surface area contributed by atoms with Crippen LogP contribution in [0.15, 0.2) is 54.9 Å². The van der Waals surface area contributed by atoms with E-state index < -0.39 is 6.36 Å². The smallest absolute Gasteiger partial charge is 0.406 e. The van der Waals surface area contributed by atoms with Gasteiger partial charge in [-0.15, -0.1) is 18.3 Å². The number of hydrogen-bond acceptors (Lipinski definition) is 4. The van der Waals surface area contributed by atoms with Gasteiger partial charge in [-0.25, -0.2) is 9.67 Å². The zero-order valence-electron chi connectivity index (χ0n) is 13.9. The number of halogens is 3. The van der Waals surface area contributed by atoms with Crippen molar-refractivity contribution < 1.29 is 17.9 Å². The summed E-state index contributed by atoms with van der Waals surface area (Å²) in [5.41, 5.74) is 8.43. The van der Waals surface area contributed by atoms with Gasteiger partial charge >= 0.3 is 6.36 Å². The van der Waals surface area contributed by atoms with Crippen molar-refractivity contribution in [2.45, 2.75) is 25.7 Å². The lowest BCUT2D eigenvalue weighted by atomic mass is 10.0. The Hall–Kier alpha value is -2.87. The van der Waals surface area contributed by atoms with Crippen LogP contribution in [0.3, 0.4) is 0 Å². The highest BCUT2D eigenvalue weighted by atomic mass is 19.4. The average Bonchev–Trinajstić information content (AvgIpc) is 3.10. The first kappa shape index (κ1) is 17.9. The Morgan fingerprint density at radius 1 is 1.08 bits per heavy atom. The van der Waals surface area contributed by atoms with Crippen LogP contribution in [0.2, 0.25) is 0 Å². The number of nitrogens with zero attached hydrogens (tertiary/aromatic N) is 3. The number of benzene rings is 2. The van der Waals surface area contributed by atoms with Gasteiger partial charge in [0.2, 0.25) is 0 Å². The SMILES string of the molecule is CC[C@H](N)c1ccc(-c2ncn(-c3ccc(OC(F)(F)F)cc3)n2)cc1. The van der Waals surface area contributed by atoms with Crippen LogP contribution in [0.4, 0.5) is 13.2 Å². The van der Waals surface area contributed by atoms with E-state index in [4.69, 9.17) is 5.73 Å². The van der Waals surface area contributed by atoms with E-state index in [0.717, 1.165) is 17.5 Å². The Bertz CT molecular complexity index is 857. The first-order valence-corrected chi connectivity index (χ1v) is 7.99. The minimum atomic E-state index is -4.71. The molecular formula is C18H17F3N4O. The molecule has 0 saturated carbocycles. The van der Waals surface area contributed by atoms with Crippen molar-refractivity contribution in [2.24, 2.45) is 5.73 Å². The van der Waals surface area contributed by atoms with E-state index >= 15 is 0 Å². The molecule has 0 aliphatic rings. The Kier molecular flexibility index (Phi) is 4.94. The molecule has 136 valence electrons. The summed E-state index contributed by atoms with van der Waals surface area (Å²) in [7, 11) is 0. The molecule has 2 N–H and O–H groups in total. The first-order valence-electron chi connectivity index (χ1n) is 7.99. The van der Waals surface area contributed by atoms with Crippen molar-refractivity contribution in [3.8, 4) is 22.8 Å². The fourth-order valence-electron chi connectivity index (χ4n) is 2.44. The Balaban J connectivity index is 1.77. The Labute approximate surface area is 148 Å². The maximum atomic E-state index is 12.2. The normalized spacial score (nSPS) is 12.8. The minimum Gasteiger partial charge on any atom is -0.406 e. The topological polar surface area (TPSA) is 66.0 Å². The minimum absolute atomic E-state index is 0.00741. The summed E-state index contributed by atoms with van der Waals surface area (Å²) >= 11 is 0. The van der Waals surface area contributed by atoms with Crippen molar-refractivity contribution >= 4 is 0 Å². The lowest BCUT2D eigenvalue weighted by Crippen LogP contribution is -2.17. The molecule has 0 aliphatic carbocycles. The second-order valence-corrected chi connectivity index (χ2v) is 5.69. The predicted molar refractivity (Wildman–Crippen MR) is 90.7 cm³/mol. The molecule has 1 atom stereocenters. The molecule has 0 bridgehead atoms. The third-order valence-electron chi connectivity index (χ3n) is 3.86. The van der Waals surface area contributed by atoms with Crippen molar-refractivity contribution in [3.05, 3.63) is 60.4 Å². The van der Waals surface area contributed by atoms with Gasteiger partial charge < -0.3 is 10.5 Å². The molecule has 5 nitrogen and oxygen atoms in total. The highest BCUT2D eigenvalue weighted by Gasteiger charge is 2.30. The number of rotatable bonds is 5. The highest BCUT2D eigenvalue weighted by molar-refractivity contribution is 5.55. The first-order chi connectivity index (χ1) is 12.4. The van der Waals surface area contributed by atoms with E-state index in [1.165, 1.54) is 35.3 Å². The summed E-state index contributed by atoms with van der Waals surface area (Å²) < 4.78 is 41.9. The molecule has 3 rings (SSSR count). The second kappa shape index (κ2) is 7.17. The fourth-order valence-corrected chi connectivity index (χ4v) is 2.44. The van der Waals surface area contributed by atoms with E-state index in [1.807, 2.05) is 31.2 Å².